The van der Waals surface area contributed by atoms with Crippen molar-refractivity contribution in [1.29, 1.82) is 0 Å². The summed E-state index contributed by atoms with van der Waals surface area (Å²) in [6.07, 6.45) is 0. The van der Waals surface area contributed by atoms with Gasteiger partial charge in [0.05, 0.1) is 7.11 Å². The van der Waals surface area contributed by atoms with Crippen LogP contribution in [0.15, 0.2) is 39.5 Å². The van der Waals surface area contributed by atoms with E-state index in [9.17, 15) is 4.79 Å². The molecule has 0 spiro atoms. The molecule has 0 bridgehead atoms. The zero-order valence-electron chi connectivity index (χ0n) is 9.11. The molecule has 0 N–H and O–H groups in total. The second-order valence-electron chi connectivity index (χ2n) is 2.64. The van der Waals surface area contributed by atoms with Gasteiger partial charge in [-0.05, 0) is 12.1 Å². The minimum absolute atomic E-state index is 0. The summed E-state index contributed by atoms with van der Waals surface area (Å²) < 4.78 is 9.85. The fourth-order valence-electron chi connectivity index (χ4n) is 1.19. The number of fused-ring (bicyclic) bond motifs is 1. The van der Waals surface area contributed by atoms with Crippen molar-refractivity contribution in [2.24, 2.45) is 0 Å². The Morgan fingerprint density at radius 3 is 2.79 bits per heavy atom. The fraction of sp³-hybridized carbons (Fsp3) is 0.100. The summed E-state index contributed by atoms with van der Waals surface area (Å²) in [7, 11) is 1.45. The average Bonchev–Trinajstić information content (AvgIpc) is 2.17. The molecule has 0 radical (unpaired) electrons. The Hall–Kier alpha value is -0.770. The van der Waals surface area contributed by atoms with Crippen LogP contribution in [-0.2, 0) is 0 Å². The van der Waals surface area contributed by atoms with E-state index in [1.807, 2.05) is 18.2 Å². The van der Waals surface area contributed by atoms with Crippen LogP contribution in [0.2, 0.25) is 0 Å². The molecule has 0 aliphatic carbocycles. The van der Waals surface area contributed by atoms with Gasteiger partial charge in [0.15, 0.2) is 0 Å². The van der Waals surface area contributed by atoms with E-state index in [0.29, 0.717) is 5.58 Å². The molecular formula is C10H9NaO3. The first kappa shape index (κ1) is 11.3. The van der Waals surface area contributed by atoms with Crippen molar-refractivity contribution in [2.75, 3.05) is 7.11 Å². The van der Waals surface area contributed by atoms with Crippen LogP contribution in [0.3, 0.4) is 0 Å². The monoisotopic (exact) mass is 200 g/mol. The molecule has 1 heterocycles. The summed E-state index contributed by atoms with van der Waals surface area (Å²) in [5.74, 6) is 0.235. The van der Waals surface area contributed by atoms with Gasteiger partial charge in [-0.1, -0.05) is 18.2 Å². The van der Waals surface area contributed by atoms with Gasteiger partial charge in [0.1, 0.15) is 5.58 Å². The maximum atomic E-state index is 11.2. The Balaban J connectivity index is 0.000000980. The van der Waals surface area contributed by atoms with E-state index in [0.717, 1.165) is 5.39 Å². The summed E-state index contributed by atoms with van der Waals surface area (Å²) in [5.41, 5.74) is 0.134. The first-order chi connectivity index (χ1) is 6.31. The molecule has 0 aliphatic heterocycles. The molecule has 0 fully saturated rings. The Kier molecular flexibility index (Phi) is 3.75. The standard InChI is InChI=1S/C10H8O3.Na.H/c1-12-9-6-7-4-2-3-5-8(7)13-10(9)11;;/h2-6H,1H3;;/q;+1;-1. The van der Waals surface area contributed by atoms with E-state index in [4.69, 9.17) is 9.15 Å². The van der Waals surface area contributed by atoms with Gasteiger partial charge >= 0.3 is 35.2 Å². The molecule has 14 heavy (non-hydrogen) atoms. The summed E-state index contributed by atoms with van der Waals surface area (Å²) in [6, 6.07) is 8.97. The molecule has 0 amide bonds. The van der Waals surface area contributed by atoms with Gasteiger partial charge in [0.2, 0.25) is 5.75 Å². The quantitative estimate of drug-likeness (QED) is 0.434. The second-order valence-corrected chi connectivity index (χ2v) is 2.64. The van der Waals surface area contributed by atoms with Crippen molar-refractivity contribution in [3.63, 3.8) is 0 Å². The van der Waals surface area contributed by atoms with Crippen molar-refractivity contribution >= 4 is 11.0 Å². The maximum absolute atomic E-state index is 11.2. The van der Waals surface area contributed by atoms with Crippen LogP contribution in [0, 0.1) is 0 Å². The zero-order chi connectivity index (χ0) is 9.26. The van der Waals surface area contributed by atoms with Crippen molar-refractivity contribution in [3.05, 3.63) is 40.8 Å². The topological polar surface area (TPSA) is 39.4 Å². The molecule has 3 nitrogen and oxygen atoms in total. The Morgan fingerprint density at radius 1 is 1.36 bits per heavy atom. The second kappa shape index (κ2) is 4.64. The summed E-state index contributed by atoms with van der Waals surface area (Å²) in [6.45, 7) is 0. The van der Waals surface area contributed by atoms with Gasteiger partial charge in [-0.15, -0.1) is 0 Å². The van der Waals surface area contributed by atoms with Crippen LogP contribution < -0.4 is 39.9 Å². The van der Waals surface area contributed by atoms with E-state index >= 15 is 0 Å². The van der Waals surface area contributed by atoms with Crippen molar-refractivity contribution < 1.29 is 40.1 Å². The molecule has 2 aromatic rings. The first-order valence-electron chi connectivity index (χ1n) is 3.88. The number of methoxy groups -OCH3 is 1. The Morgan fingerprint density at radius 2 is 2.07 bits per heavy atom. The number of benzene rings is 1. The Bertz CT molecular complexity index is 495. The van der Waals surface area contributed by atoms with E-state index < -0.39 is 5.63 Å². The van der Waals surface area contributed by atoms with Crippen molar-refractivity contribution in [3.8, 4) is 5.75 Å². The molecular weight excluding hydrogens is 191 g/mol. The van der Waals surface area contributed by atoms with Crippen molar-refractivity contribution in [2.45, 2.75) is 0 Å². The van der Waals surface area contributed by atoms with Gasteiger partial charge in [-0.3, -0.25) is 0 Å². The van der Waals surface area contributed by atoms with Crippen LogP contribution in [0.5, 0.6) is 5.75 Å². The number of rotatable bonds is 1. The van der Waals surface area contributed by atoms with Gasteiger partial charge in [0, 0.05) is 5.39 Å². The molecule has 2 rings (SSSR count). The third-order valence-electron chi connectivity index (χ3n) is 1.83. The smallest absolute Gasteiger partial charge is 1.00 e. The summed E-state index contributed by atoms with van der Waals surface area (Å²) in [5, 5.41) is 0.860. The predicted molar refractivity (Wildman–Crippen MR) is 50.1 cm³/mol. The Labute approximate surface area is 104 Å². The molecule has 0 aliphatic rings. The minimum Gasteiger partial charge on any atom is -1.00 e. The molecule has 0 saturated carbocycles. The molecule has 0 saturated heterocycles. The normalized spacial score (nSPS) is 9.50. The molecule has 0 unspecified atom stereocenters. The van der Waals surface area contributed by atoms with Crippen LogP contribution in [0.25, 0.3) is 11.0 Å². The number of hydrogen-bond acceptors (Lipinski definition) is 3. The van der Waals surface area contributed by atoms with E-state index in [2.05, 4.69) is 0 Å². The maximum Gasteiger partial charge on any atom is 1.00 e. The van der Waals surface area contributed by atoms with Gasteiger partial charge < -0.3 is 10.6 Å². The number of ether oxygens (including phenoxy) is 1. The van der Waals surface area contributed by atoms with Gasteiger partial charge in [-0.2, -0.15) is 0 Å². The average molecular weight is 200 g/mol. The van der Waals surface area contributed by atoms with E-state index in [-0.39, 0.29) is 36.7 Å². The zero-order valence-corrected chi connectivity index (χ0v) is 10.1. The summed E-state index contributed by atoms with van der Waals surface area (Å²) in [4.78, 5) is 11.2. The predicted octanol–water partition coefficient (Wildman–Crippen LogP) is -1.08. The molecule has 0 atom stereocenters. The molecule has 4 heteroatoms. The van der Waals surface area contributed by atoms with E-state index in [1.54, 1.807) is 12.1 Å². The molecule has 68 valence electrons. The number of hydrogen-bond donors (Lipinski definition) is 0. The SMILES string of the molecule is COc1cc2ccccc2oc1=O.[H-].[Na+]. The van der Waals surface area contributed by atoms with E-state index in [1.165, 1.54) is 7.11 Å². The van der Waals surface area contributed by atoms with Gasteiger partial charge in [0.25, 0.3) is 0 Å². The summed E-state index contributed by atoms with van der Waals surface area (Å²) >= 11 is 0. The third kappa shape index (κ3) is 2.00. The van der Waals surface area contributed by atoms with Gasteiger partial charge in [-0.25, -0.2) is 4.79 Å². The third-order valence-corrected chi connectivity index (χ3v) is 1.83. The van der Waals surface area contributed by atoms with Crippen LogP contribution in [0.1, 0.15) is 1.43 Å². The molecule has 1 aromatic heterocycles. The van der Waals surface area contributed by atoms with Crippen LogP contribution >= 0.6 is 0 Å². The fourth-order valence-corrected chi connectivity index (χ4v) is 1.19. The van der Waals surface area contributed by atoms with Crippen LogP contribution in [0.4, 0.5) is 0 Å². The largest absolute Gasteiger partial charge is 1.00 e. The minimum atomic E-state index is -0.443. The number of para-hydroxylation sites is 1. The van der Waals surface area contributed by atoms with Crippen LogP contribution in [-0.4, -0.2) is 7.11 Å². The van der Waals surface area contributed by atoms with Crippen molar-refractivity contribution in [1.82, 2.24) is 0 Å². The first-order valence-corrected chi connectivity index (χ1v) is 3.88. The molecule has 1 aromatic carbocycles.